The minimum absolute atomic E-state index is 0.0338. The number of imidazole rings is 1. The van der Waals surface area contributed by atoms with Crippen LogP contribution in [0.5, 0.6) is 0 Å². The second-order valence-electron chi connectivity index (χ2n) is 6.77. The van der Waals surface area contributed by atoms with Gasteiger partial charge in [0.25, 0.3) is 5.56 Å². The maximum Gasteiger partial charge on any atom is 0.280 e. The number of aromatic amines is 1. The average Bonchev–Trinajstić information content (AvgIpc) is 3.17. The van der Waals surface area contributed by atoms with Crippen molar-refractivity contribution in [3.05, 3.63) is 16.7 Å². The molecule has 2 aromatic heterocycles. The number of aliphatic hydroxyl groups is 1. The van der Waals surface area contributed by atoms with E-state index >= 15 is 0 Å². The van der Waals surface area contributed by atoms with Gasteiger partial charge in [-0.25, -0.2) is 4.98 Å². The molecule has 1 aliphatic heterocycles. The van der Waals surface area contributed by atoms with Crippen LogP contribution >= 0.6 is 0 Å². The Morgan fingerprint density at radius 2 is 2.22 bits per heavy atom. The van der Waals surface area contributed by atoms with Crippen molar-refractivity contribution >= 4 is 23.0 Å². The summed E-state index contributed by atoms with van der Waals surface area (Å²) in [6, 6.07) is 0. The Bertz CT molecular complexity index is 876. The van der Waals surface area contributed by atoms with Crippen LogP contribution in [0.2, 0.25) is 0 Å². The number of aliphatic hydroxyl groups excluding tert-OH is 1. The molecule has 0 saturated carbocycles. The molecule has 3 heterocycles. The Kier molecular flexibility index (Phi) is 5.59. The summed E-state index contributed by atoms with van der Waals surface area (Å²) in [6.07, 6.45) is -0.462. The molecule has 148 valence electrons. The van der Waals surface area contributed by atoms with Gasteiger partial charge in [0.2, 0.25) is 11.9 Å². The summed E-state index contributed by atoms with van der Waals surface area (Å²) in [5.74, 6) is -0.502. The van der Waals surface area contributed by atoms with E-state index in [0.29, 0.717) is 13.0 Å². The van der Waals surface area contributed by atoms with Crippen molar-refractivity contribution in [2.24, 2.45) is 5.92 Å². The molecule has 1 fully saturated rings. The number of anilines is 1. The molecule has 3 rings (SSSR count). The van der Waals surface area contributed by atoms with Crippen molar-refractivity contribution in [3.63, 3.8) is 0 Å². The molecule has 0 aromatic carbocycles. The summed E-state index contributed by atoms with van der Waals surface area (Å²) >= 11 is 0. The summed E-state index contributed by atoms with van der Waals surface area (Å²) in [6.45, 7) is 7.61. The fourth-order valence-corrected chi connectivity index (χ4v) is 3.08. The first kappa shape index (κ1) is 19.5. The van der Waals surface area contributed by atoms with Gasteiger partial charge < -0.3 is 14.6 Å². The van der Waals surface area contributed by atoms with Crippen LogP contribution in [0, 0.1) is 5.92 Å². The first-order chi connectivity index (χ1) is 12.9. The van der Waals surface area contributed by atoms with E-state index < -0.39 is 30.1 Å². The fraction of sp³-hybridized carbons (Fsp3) is 0.647. The SMILES string of the molecule is CCO[C@H]1C(O)[C@@H](CC)O[C@H]1n1cnc2c(=O)[nH]c(NC(=O)C(C)C)nc21. The number of rotatable bonds is 6. The maximum absolute atomic E-state index is 12.3. The highest BCUT2D eigenvalue weighted by atomic mass is 16.6. The zero-order valence-electron chi connectivity index (χ0n) is 15.8. The third kappa shape index (κ3) is 3.60. The van der Waals surface area contributed by atoms with E-state index in [2.05, 4.69) is 20.3 Å². The summed E-state index contributed by atoms with van der Waals surface area (Å²) in [5.41, 5.74) is -0.112. The number of carbonyl (C=O) groups is 1. The number of carbonyl (C=O) groups excluding carboxylic acids is 1. The molecule has 4 atom stereocenters. The lowest BCUT2D eigenvalue weighted by molar-refractivity contribution is -0.118. The lowest BCUT2D eigenvalue weighted by atomic mass is 10.1. The van der Waals surface area contributed by atoms with Crippen LogP contribution < -0.4 is 10.9 Å². The first-order valence-corrected chi connectivity index (χ1v) is 9.10. The predicted molar refractivity (Wildman–Crippen MR) is 97.2 cm³/mol. The van der Waals surface area contributed by atoms with Gasteiger partial charge in [0.05, 0.1) is 12.4 Å². The number of nitrogens with one attached hydrogen (secondary N) is 2. The first-order valence-electron chi connectivity index (χ1n) is 9.10. The molecule has 10 heteroatoms. The van der Waals surface area contributed by atoms with E-state index in [9.17, 15) is 14.7 Å². The van der Waals surface area contributed by atoms with Gasteiger partial charge in [-0.05, 0) is 13.3 Å². The molecular formula is C17H25N5O5. The normalized spacial score (nSPS) is 25.4. The predicted octanol–water partition coefficient (Wildman–Crippen LogP) is 0.787. The second kappa shape index (κ2) is 7.75. The molecular weight excluding hydrogens is 354 g/mol. The number of aromatic nitrogens is 4. The van der Waals surface area contributed by atoms with Gasteiger partial charge in [-0.2, -0.15) is 4.98 Å². The van der Waals surface area contributed by atoms with E-state index in [1.165, 1.54) is 6.33 Å². The molecule has 0 bridgehead atoms. The van der Waals surface area contributed by atoms with Crippen LogP contribution in [0.1, 0.15) is 40.3 Å². The Hall–Kier alpha value is -2.30. The Balaban J connectivity index is 2.02. The smallest absolute Gasteiger partial charge is 0.280 e. The number of ether oxygens (including phenoxy) is 2. The lowest BCUT2D eigenvalue weighted by Crippen LogP contribution is -2.34. The second-order valence-corrected chi connectivity index (χ2v) is 6.77. The van der Waals surface area contributed by atoms with Crippen molar-refractivity contribution in [2.45, 2.75) is 58.7 Å². The quantitative estimate of drug-likeness (QED) is 0.676. The number of hydrogen-bond acceptors (Lipinski definition) is 7. The number of hydrogen-bond donors (Lipinski definition) is 3. The molecule has 1 amide bonds. The number of nitrogens with zero attached hydrogens (tertiary/aromatic N) is 3. The summed E-state index contributed by atoms with van der Waals surface area (Å²) in [5, 5.41) is 13.1. The summed E-state index contributed by atoms with van der Waals surface area (Å²) < 4.78 is 13.2. The van der Waals surface area contributed by atoms with Gasteiger partial charge in [0, 0.05) is 12.5 Å². The largest absolute Gasteiger partial charge is 0.388 e. The zero-order valence-corrected chi connectivity index (χ0v) is 15.8. The van der Waals surface area contributed by atoms with Crippen molar-refractivity contribution < 1.29 is 19.4 Å². The van der Waals surface area contributed by atoms with Crippen LogP contribution in [0.4, 0.5) is 5.95 Å². The highest BCUT2D eigenvalue weighted by molar-refractivity contribution is 5.91. The number of H-pyrrole nitrogens is 1. The van der Waals surface area contributed by atoms with E-state index in [4.69, 9.17) is 9.47 Å². The van der Waals surface area contributed by atoms with E-state index in [1.54, 1.807) is 18.4 Å². The molecule has 27 heavy (non-hydrogen) atoms. The van der Waals surface area contributed by atoms with Gasteiger partial charge in [-0.1, -0.05) is 20.8 Å². The van der Waals surface area contributed by atoms with E-state index in [-0.39, 0.29) is 28.9 Å². The zero-order chi connectivity index (χ0) is 19.7. The van der Waals surface area contributed by atoms with Gasteiger partial charge >= 0.3 is 0 Å². The van der Waals surface area contributed by atoms with Gasteiger partial charge in [0.15, 0.2) is 17.4 Å². The van der Waals surface area contributed by atoms with Crippen LogP contribution in [-0.2, 0) is 14.3 Å². The van der Waals surface area contributed by atoms with E-state index in [0.717, 1.165) is 0 Å². The minimum atomic E-state index is -0.806. The van der Waals surface area contributed by atoms with Crippen LogP contribution in [0.15, 0.2) is 11.1 Å². The Morgan fingerprint density at radius 3 is 2.85 bits per heavy atom. The maximum atomic E-state index is 12.3. The minimum Gasteiger partial charge on any atom is -0.388 e. The average molecular weight is 379 g/mol. The van der Waals surface area contributed by atoms with Crippen LogP contribution in [0.25, 0.3) is 11.2 Å². The van der Waals surface area contributed by atoms with Crippen molar-refractivity contribution in [1.82, 2.24) is 19.5 Å². The van der Waals surface area contributed by atoms with Gasteiger partial charge in [0.1, 0.15) is 12.2 Å². The molecule has 0 spiro atoms. The summed E-state index contributed by atoms with van der Waals surface area (Å²) in [7, 11) is 0. The Morgan fingerprint density at radius 1 is 1.48 bits per heavy atom. The number of amides is 1. The lowest BCUT2D eigenvalue weighted by Gasteiger charge is -2.21. The van der Waals surface area contributed by atoms with Crippen LogP contribution in [-0.4, -0.2) is 55.5 Å². The highest BCUT2D eigenvalue weighted by Crippen LogP contribution is 2.34. The Labute approximate surface area is 155 Å². The molecule has 1 unspecified atom stereocenters. The van der Waals surface area contributed by atoms with Crippen molar-refractivity contribution in [3.8, 4) is 0 Å². The topological polar surface area (TPSA) is 131 Å². The van der Waals surface area contributed by atoms with E-state index in [1.807, 2.05) is 13.8 Å². The molecule has 3 N–H and O–H groups in total. The number of fused-ring (bicyclic) bond motifs is 1. The van der Waals surface area contributed by atoms with Crippen molar-refractivity contribution in [1.29, 1.82) is 0 Å². The summed E-state index contributed by atoms with van der Waals surface area (Å²) in [4.78, 5) is 35.2. The highest BCUT2D eigenvalue weighted by Gasteiger charge is 2.45. The van der Waals surface area contributed by atoms with Crippen molar-refractivity contribution in [2.75, 3.05) is 11.9 Å². The molecule has 10 nitrogen and oxygen atoms in total. The standard InChI is InChI=1S/C17H25N5O5/c1-5-9-11(23)12(26-6-2)16(27-9)22-7-18-10-13(22)19-17(21-15(10)25)20-14(24)8(3)4/h7-9,11-12,16,23H,5-6H2,1-4H3,(H2,19,20,21,24,25)/t9-,11?,12+,16-/m1/s1. The fourth-order valence-electron chi connectivity index (χ4n) is 3.08. The van der Waals surface area contributed by atoms with Gasteiger partial charge in [-0.3, -0.25) is 24.5 Å². The van der Waals surface area contributed by atoms with Gasteiger partial charge in [-0.15, -0.1) is 0 Å². The third-order valence-electron chi connectivity index (χ3n) is 4.55. The third-order valence-corrected chi connectivity index (χ3v) is 4.55. The molecule has 1 saturated heterocycles. The molecule has 2 aromatic rings. The van der Waals surface area contributed by atoms with Crippen LogP contribution in [0.3, 0.4) is 0 Å². The monoisotopic (exact) mass is 379 g/mol. The molecule has 0 radical (unpaired) electrons. The molecule has 0 aliphatic carbocycles. The molecule has 1 aliphatic rings.